The molecule has 2 aromatic rings. The van der Waals surface area contributed by atoms with E-state index in [1.54, 1.807) is 12.1 Å². The first kappa shape index (κ1) is 19.2. The van der Waals surface area contributed by atoms with Crippen LogP contribution in [0, 0.1) is 0 Å². The number of sulfonamides is 1. The fourth-order valence-corrected chi connectivity index (χ4v) is 3.21. The molecule has 2 rings (SSSR count). The zero-order valence-electron chi connectivity index (χ0n) is 14.2. The van der Waals surface area contributed by atoms with E-state index in [4.69, 9.17) is 0 Å². The van der Waals surface area contributed by atoms with Crippen molar-refractivity contribution < 1.29 is 18.0 Å². The molecule has 7 nitrogen and oxygen atoms in total. The Balaban J connectivity index is 2.18. The highest BCUT2D eigenvalue weighted by molar-refractivity contribution is 7.92. The Labute approximate surface area is 152 Å². The Hall–Kier alpha value is -3.13. The summed E-state index contributed by atoms with van der Waals surface area (Å²) in [5, 5.41) is 5.19. The molecule has 3 N–H and O–H groups in total. The molecule has 2 amide bonds. The number of hydrogen-bond acceptors (Lipinski definition) is 4. The van der Waals surface area contributed by atoms with Crippen LogP contribution in [0.4, 0.5) is 11.4 Å². The molecule has 8 heteroatoms. The molecule has 0 saturated carbocycles. The summed E-state index contributed by atoms with van der Waals surface area (Å²) in [6.45, 7) is 5.18. The third-order valence-corrected chi connectivity index (χ3v) is 4.65. The monoisotopic (exact) mass is 373 g/mol. The fraction of sp³-hybridized carbons (Fsp3) is 0.111. The second-order valence-electron chi connectivity index (χ2n) is 5.39. The summed E-state index contributed by atoms with van der Waals surface area (Å²) in [7, 11) is -3.86. The van der Waals surface area contributed by atoms with Gasteiger partial charge in [-0.05, 0) is 42.5 Å². The number of nitrogens with one attached hydrogen (secondary N) is 3. The summed E-state index contributed by atoms with van der Waals surface area (Å²) in [6, 6.07) is 11.9. The van der Waals surface area contributed by atoms with Gasteiger partial charge in [-0.25, -0.2) is 8.42 Å². The predicted octanol–water partition coefficient (Wildman–Crippen LogP) is 2.36. The minimum absolute atomic E-state index is 0.0327. The van der Waals surface area contributed by atoms with Crippen molar-refractivity contribution in [3.63, 3.8) is 0 Å². The number of amides is 2. The summed E-state index contributed by atoms with van der Waals surface area (Å²) in [4.78, 5) is 22.9. The molecule has 0 bridgehead atoms. The minimum Gasteiger partial charge on any atom is -0.349 e. The average molecular weight is 373 g/mol. The van der Waals surface area contributed by atoms with E-state index in [0.29, 0.717) is 11.4 Å². The van der Waals surface area contributed by atoms with Gasteiger partial charge in [0.1, 0.15) is 0 Å². The quantitative estimate of drug-likeness (QED) is 0.648. The van der Waals surface area contributed by atoms with E-state index < -0.39 is 10.0 Å². The zero-order valence-corrected chi connectivity index (χ0v) is 15.0. The van der Waals surface area contributed by atoms with Crippen LogP contribution in [0.5, 0.6) is 0 Å². The van der Waals surface area contributed by atoms with Gasteiger partial charge in [0.05, 0.1) is 4.90 Å². The summed E-state index contributed by atoms with van der Waals surface area (Å²) in [5.74, 6) is -0.605. The summed E-state index contributed by atoms with van der Waals surface area (Å²) >= 11 is 0. The van der Waals surface area contributed by atoms with E-state index in [9.17, 15) is 18.0 Å². The van der Waals surface area contributed by atoms with Crippen LogP contribution < -0.4 is 15.4 Å². The lowest BCUT2D eigenvalue weighted by atomic mass is 10.2. The Morgan fingerprint density at radius 2 is 1.73 bits per heavy atom. The molecule has 0 unspecified atom stereocenters. The third-order valence-electron chi connectivity index (χ3n) is 3.27. The van der Waals surface area contributed by atoms with Gasteiger partial charge in [0.2, 0.25) is 5.91 Å². The van der Waals surface area contributed by atoms with Crippen LogP contribution in [-0.2, 0) is 14.8 Å². The molecule has 0 spiro atoms. The highest BCUT2D eigenvalue weighted by atomic mass is 32.2. The molecule has 0 aliphatic heterocycles. The van der Waals surface area contributed by atoms with Crippen LogP contribution >= 0.6 is 0 Å². The predicted molar refractivity (Wildman–Crippen MR) is 101 cm³/mol. The van der Waals surface area contributed by atoms with Gasteiger partial charge in [0.25, 0.3) is 15.9 Å². The maximum absolute atomic E-state index is 12.5. The van der Waals surface area contributed by atoms with Gasteiger partial charge >= 0.3 is 0 Å². The van der Waals surface area contributed by atoms with Crippen LogP contribution in [0.25, 0.3) is 0 Å². The second kappa shape index (κ2) is 8.30. The molecule has 0 aromatic heterocycles. The van der Waals surface area contributed by atoms with Crippen molar-refractivity contribution in [1.82, 2.24) is 5.32 Å². The standard InChI is InChI=1S/C18H19N3O4S/c1-3-11-19-18(23)14-5-4-6-17(12-14)26(24,25)21-16-9-7-15(8-10-16)20-13(2)22/h3-10,12,21H,1,11H2,2H3,(H,19,23)(H,20,22). The van der Waals surface area contributed by atoms with E-state index in [1.807, 2.05) is 0 Å². The SMILES string of the molecule is C=CCNC(=O)c1cccc(S(=O)(=O)Nc2ccc(NC(C)=O)cc2)c1. The molecule has 0 fully saturated rings. The van der Waals surface area contributed by atoms with Crippen molar-refractivity contribution in [3.8, 4) is 0 Å². The highest BCUT2D eigenvalue weighted by Crippen LogP contribution is 2.19. The van der Waals surface area contributed by atoms with Gasteiger partial charge in [0, 0.05) is 30.4 Å². The fourth-order valence-electron chi connectivity index (χ4n) is 2.11. The Kier molecular flexibility index (Phi) is 6.13. The number of rotatable bonds is 7. The number of benzene rings is 2. The molecule has 136 valence electrons. The van der Waals surface area contributed by atoms with Crippen LogP contribution in [0.3, 0.4) is 0 Å². The van der Waals surface area contributed by atoms with Crippen LogP contribution in [-0.4, -0.2) is 26.8 Å². The number of carbonyl (C=O) groups excluding carboxylic acids is 2. The first-order chi connectivity index (χ1) is 12.3. The van der Waals surface area contributed by atoms with Gasteiger partial charge < -0.3 is 10.6 Å². The zero-order chi connectivity index (χ0) is 19.2. The third kappa shape index (κ3) is 5.18. The Bertz CT molecular complexity index is 922. The molecule has 2 aromatic carbocycles. The first-order valence-electron chi connectivity index (χ1n) is 7.71. The molecule has 0 atom stereocenters. The second-order valence-corrected chi connectivity index (χ2v) is 7.07. The lowest BCUT2D eigenvalue weighted by Gasteiger charge is -2.10. The van der Waals surface area contributed by atoms with Crippen molar-refractivity contribution in [1.29, 1.82) is 0 Å². The van der Waals surface area contributed by atoms with E-state index in [0.717, 1.165) is 0 Å². The van der Waals surface area contributed by atoms with E-state index in [1.165, 1.54) is 49.4 Å². The summed E-state index contributed by atoms with van der Waals surface area (Å²) in [6.07, 6.45) is 1.53. The highest BCUT2D eigenvalue weighted by Gasteiger charge is 2.16. The molecular weight excluding hydrogens is 354 g/mol. The molecule has 0 aliphatic carbocycles. The molecule has 0 heterocycles. The normalized spacial score (nSPS) is 10.7. The van der Waals surface area contributed by atoms with E-state index >= 15 is 0 Å². The molecule has 0 aliphatic rings. The largest absolute Gasteiger partial charge is 0.349 e. The van der Waals surface area contributed by atoms with Gasteiger partial charge in [0.15, 0.2) is 0 Å². The van der Waals surface area contributed by atoms with Crippen molar-refractivity contribution >= 4 is 33.2 Å². The van der Waals surface area contributed by atoms with Gasteiger partial charge in [-0.15, -0.1) is 6.58 Å². The smallest absolute Gasteiger partial charge is 0.261 e. The average Bonchev–Trinajstić information content (AvgIpc) is 2.61. The lowest BCUT2D eigenvalue weighted by Crippen LogP contribution is -2.23. The van der Waals surface area contributed by atoms with Crippen molar-refractivity contribution in [2.24, 2.45) is 0 Å². The summed E-state index contributed by atoms with van der Waals surface area (Å²) in [5.41, 5.74) is 1.12. The lowest BCUT2D eigenvalue weighted by molar-refractivity contribution is -0.114. The van der Waals surface area contributed by atoms with Crippen LogP contribution in [0.1, 0.15) is 17.3 Å². The van der Waals surface area contributed by atoms with Gasteiger partial charge in [-0.1, -0.05) is 12.1 Å². The summed E-state index contributed by atoms with van der Waals surface area (Å²) < 4.78 is 27.5. The van der Waals surface area contributed by atoms with Crippen molar-refractivity contribution in [3.05, 3.63) is 66.7 Å². The number of anilines is 2. The van der Waals surface area contributed by atoms with Gasteiger partial charge in [-0.2, -0.15) is 0 Å². The first-order valence-corrected chi connectivity index (χ1v) is 9.20. The molecule has 26 heavy (non-hydrogen) atoms. The Morgan fingerprint density at radius 3 is 2.35 bits per heavy atom. The minimum atomic E-state index is -3.86. The van der Waals surface area contributed by atoms with E-state index in [2.05, 4.69) is 21.9 Å². The number of hydrogen-bond donors (Lipinski definition) is 3. The van der Waals surface area contributed by atoms with Crippen molar-refractivity contribution in [2.75, 3.05) is 16.6 Å². The van der Waals surface area contributed by atoms with Crippen LogP contribution in [0.2, 0.25) is 0 Å². The number of carbonyl (C=O) groups is 2. The Morgan fingerprint density at radius 1 is 1.08 bits per heavy atom. The molecule has 0 saturated heterocycles. The molecular formula is C18H19N3O4S. The molecule has 0 radical (unpaired) electrons. The van der Waals surface area contributed by atoms with Crippen molar-refractivity contribution in [2.45, 2.75) is 11.8 Å². The van der Waals surface area contributed by atoms with Gasteiger partial charge in [-0.3, -0.25) is 14.3 Å². The van der Waals surface area contributed by atoms with Crippen LogP contribution in [0.15, 0.2) is 66.1 Å². The topological polar surface area (TPSA) is 104 Å². The van der Waals surface area contributed by atoms with E-state index in [-0.39, 0.29) is 28.8 Å². The maximum Gasteiger partial charge on any atom is 0.261 e. The maximum atomic E-state index is 12.5.